The van der Waals surface area contributed by atoms with E-state index in [-0.39, 0.29) is 12.0 Å². The molecule has 26 heavy (non-hydrogen) atoms. The minimum Gasteiger partial charge on any atom is -0.463 e. The van der Waals surface area contributed by atoms with Crippen molar-refractivity contribution < 1.29 is 14.3 Å². The van der Waals surface area contributed by atoms with Gasteiger partial charge in [-0.2, -0.15) is 0 Å². The smallest absolute Gasteiger partial charge is 0.338 e. The summed E-state index contributed by atoms with van der Waals surface area (Å²) in [6.45, 7) is 6.27. The molecule has 1 atom stereocenters. The molecule has 0 aliphatic carbocycles. The van der Waals surface area contributed by atoms with Crippen molar-refractivity contribution in [2.24, 2.45) is 0 Å². The van der Waals surface area contributed by atoms with Crippen LogP contribution in [0.25, 0.3) is 0 Å². The summed E-state index contributed by atoms with van der Waals surface area (Å²) in [6.07, 6.45) is 3.91. The molecule has 1 aromatic rings. The Hall–Kier alpha value is -2.50. The van der Waals surface area contributed by atoms with Crippen LogP contribution in [0, 0.1) is 0 Å². The van der Waals surface area contributed by atoms with E-state index in [9.17, 15) is 9.59 Å². The van der Waals surface area contributed by atoms with Gasteiger partial charge in [-0.25, -0.2) is 9.59 Å². The Morgan fingerprint density at radius 1 is 1.19 bits per heavy atom. The molecule has 6 nitrogen and oxygen atoms in total. The third kappa shape index (κ3) is 3.84. The Labute approximate surface area is 154 Å². The van der Waals surface area contributed by atoms with Crippen LogP contribution in [0.3, 0.4) is 0 Å². The molecule has 0 saturated carbocycles. The molecule has 0 spiro atoms. The first-order valence-corrected chi connectivity index (χ1v) is 9.46. The molecule has 2 N–H and O–H groups in total. The predicted octanol–water partition coefficient (Wildman–Crippen LogP) is 3.26. The number of carbonyl (C=O) groups excluding carboxylic acids is 2. The van der Waals surface area contributed by atoms with Crippen LogP contribution in [-0.2, 0) is 9.53 Å². The van der Waals surface area contributed by atoms with E-state index in [0.717, 1.165) is 25.1 Å². The summed E-state index contributed by atoms with van der Waals surface area (Å²) in [7, 11) is 0. The van der Waals surface area contributed by atoms with Crippen LogP contribution < -0.4 is 15.5 Å². The van der Waals surface area contributed by atoms with Crippen molar-refractivity contribution in [2.75, 3.05) is 24.6 Å². The molecule has 2 amide bonds. The molecule has 1 fully saturated rings. The van der Waals surface area contributed by atoms with Crippen LogP contribution in [0.1, 0.15) is 51.1 Å². The SMILES string of the molecule is CCCC1=C(C(=O)OCC)C(c2ccc(N3CCCC3)cc2)NC(=O)N1. The molecule has 2 heterocycles. The summed E-state index contributed by atoms with van der Waals surface area (Å²) in [5.74, 6) is -0.378. The minimum atomic E-state index is -0.489. The molecule has 1 saturated heterocycles. The fourth-order valence-electron chi connectivity index (χ4n) is 3.62. The second-order valence-electron chi connectivity index (χ2n) is 6.68. The third-order valence-electron chi connectivity index (χ3n) is 4.85. The lowest BCUT2D eigenvalue weighted by molar-refractivity contribution is -0.139. The van der Waals surface area contributed by atoms with E-state index in [1.165, 1.54) is 18.5 Å². The van der Waals surface area contributed by atoms with Crippen molar-refractivity contribution >= 4 is 17.7 Å². The number of nitrogens with one attached hydrogen (secondary N) is 2. The van der Waals surface area contributed by atoms with Gasteiger partial charge < -0.3 is 20.3 Å². The maximum Gasteiger partial charge on any atom is 0.338 e. The van der Waals surface area contributed by atoms with Crippen molar-refractivity contribution in [2.45, 2.75) is 45.6 Å². The van der Waals surface area contributed by atoms with Gasteiger partial charge in [0.25, 0.3) is 0 Å². The van der Waals surface area contributed by atoms with Crippen molar-refractivity contribution in [3.05, 3.63) is 41.1 Å². The highest BCUT2D eigenvalue weighted by molar-refractivity contribution is 5.95. The Morgan fingerprint density at radius 3 is 2.50 bits per heavy atom. The zero-order valence-electron chi connectivity index (χ0n) is 15.5. The highest BCUT2D eigenvalue weighted by Crippen LogP contribution is 2.31. The summed E-state index contributed by atoms with van der Waals surface area (Å²) < 4.78 is 5.25. The quantitative estimate of drug-likeness (QED) is 0.767. The molecular weight excluding hydrogens is 330 g/mol. The topological polar surface area (TPSA) is 70.7 Å². The summed E-state index contributed by atoms with van der Waals surface area (Å²) in [5.41, 5.74) is 3.23. The van der Waals surface area contributed by atoms with E-state index in [4.69, 9.17) is 4.74 Å². The van der Waals surface area contributed by atoms with Gasteiger partial charge in [0.15, 0.2) is 0 Å². The fourth-order valence-corrected chi connectivity index (χ4v) is 3.62. The number of hydrogen-bond donors (Lipinski definition) is 2. The number of esters is 1. The van der Waals surface area contributed by atoms with Crippen LogP contribution in [0.5, 0.6) is 0 Å². The maximum absolute atomic E-state index is 12.6. The number of rotatable bonds is 6. The number of nitrogens with zero attached hydrogens (tertiary/aromatic N) is 1. The van der Waals surface area contributed by atoms with Gasteiger partial charge in [-0.3, -0.25) is 0 Å². The van der Waals surface area contributed by atoms with Crippen molar-refractivity contribution in [1.29, 1.82) is 0 Å². The molecule has 2 aliphatic rings. The number of carbonyl (C=O) groups is 2. The van der Waals surface area contributed by atoms with Gasteiger partial charge in [-0.15, -0.1) is 0 Å². The van der Waals surface area contributed by atoms with Crippen LogP contribution in [-0.4, -0.2) is 31.7 Å². The van der Waals surface area contributed by atoms with E-state index in [1.54, 1.807) is 6.92 Å². The lowest BCUT2D eigenvalue weighted by atomic mass is 9.93. The number of hydrogen-bond acceptors (Lipinski definition) is 4. The van der Waals surface area contributed by atoms with Gasteiger partial charge in [0, 0.05) is 24.5 Å². The van der Waals surface area contributed by atoms with Crippen LogP contribution in [0.2, 0.25) is 0 Å². The van der Waals surface area contributed by atoms with Gasteiger partial charge >= 0.3 is 12.0 Å². The summed E-state index contributed by atoms with van der Waals surface area (Å²) in [4.78, 5) is 27.0. The predicted molar refractivity (Wildman–Crippen MR) is 101 cm³/mol. The third-order valence-corrected chi connectivity index (χ3v) is 4.85. The molecule has 2 aliphatic heterocycles. The highest BCUT2D eigenvalue weighted by atomic mass is 16.5. The normalized spacial score (nSPS) is 20.0. The summed E-state index contributed by atoms with van der Waals surface area (Å²) in [6, 6.07) is 7.35. The monoisotopic (exact) mass is 357 g/mol. The molecule has 6 heteroatoms. The van der Waals surface area contributed by atoms with E-state index in [2.05, 4.69) is 27.7 Å². The zero-order valence-corrected chi connectivity index (χ0v) is 15.5. The first-order valence-electron chi connectivity index (χ1n) is 9.46. The molecular formula is C20H27N3O3. The number of benzene rings is 1. The second kappa shape index (κ2) is 8.25. The molecule has 3 rings (SSSR count). The Morgan fingerprint density at radius 2 is 1.88 bits per heavy atom. The van der Waals surface area contributed by atoms with Crippen LogP contribution in [0.4, 0.5) is 10.5 Å². The Balaban J connectivity index is 1.92. The average Bonchev–Trinajstić information content (AvgIpc) is 3.16. The maximum atomic E-state index is 12.6. The van der Waals surface area contributed by atoms with E-state index in [1.807, 2.05) is 19.1 Å². The number of amides is 2. The molecule has 0 bridgehead atoms. The first kappa shape index (κ1) is 18.3. The lowest BCUT2D eigenvalue weighted by Gasteiger charge is -2.29. The first-order chi connectivity index (χ1) is 12.6. The zero-order chi connectivity index (χ0) is 18.5. The van der Waals surface area contributed by atoms with E-state index in [0.29, 0.717) is 24.3 Å². The molecule has 1 aromatic carbocycles. The lowest BCUT2D eigenvalue weighted by Crippen LogP contribution is -2.46. The van der Waals surface area contributed by atoms with Crippen LogP contribution >= 0.6 is 0 Å². The Bertz CT molecular complexity index is 691. The van der Waals surface area contributed by atoms with Crippen molar-refractivity contribution in [3.63, 3.8) is 0 Å². The number of urea groups is 1. The number of ether oxygens (including phenoxy) is 1. The summed E-state index contributed by atoms with van der Waals surface area (Å²) >= 11 is 0. The van der Waals surface area contributed by atoms with E-state index < -0.39 is 6.04 Å². The largest absolute Gasteiger partial charge is 0.463 e. The van der Waals surface area contributed by atoms with Gasteiger partial charge in [0.05, 0.1) is 18.2 Å². The molecule has 140 valence electrons. The fraction of sp³-hybridized carbons (Fsp3) is 0.500. The van der Waals surface area contributed by atoms with Crippen LogP contribution in [0.15, 0.2) is 35.5 Å². The molecule has 1 unspecified atom stereocenters. The number of anilines is 1. The molecule has 0 radical (unpaired) electrons. The van der Waals surface area contributed by atoms with Gasteiger partial charge in [0.2, 0.25) is 0 Å². The average molecular weight is 357 g/mol. The second-order valence-corrected chi connectivity index (χ2v) is 6.68. The standard InChI is InChI=1S/C20H27N3O3/c1-3-7-16-17(19(24)26-4-2)18(22-20(25)21-16)14-8-10-15(11-9-14)23-12-5-6-13-23/h8-11,18H,3-7,12-13H2,1-2H3,(H2,21,22,25). The Kier molecular flexibility index (Phi) is 5.81. The van der Waals surface area contributed by atoms with Crippen molar-refractivity contribution in [3.8, 4) is 0 Å². The molecule has 0 aromatic heterocycles. The minimum absolute atomic E-state index is 0.282. The van der Waals surface area contributed by atoms with Gasteiger partial charge in [-0.1, -0.05) is 25.5 Å². The van der Waals surface area contributed by atoms with Gasteiger partial charge in [-0.05, 0) is 43.9 Å². The summed E-state index contributed by atoms with van der Waals surface area (Å²) in [5, 5.41) is 5.66. The number of allylic oxidation sites excluding steroid dienone is 1. The van der Waals surface area contributed by atoms with Gasteiger partial charge in [0.1, 0.15) is 0 Å². The van der Waals surface area contributed by atoms with Crippen molar-refractivity contribution in [1.82, 2.24) is 10.6 Å². The van der Waals surface area contributed by atoms with E-state index >= 15 is 0 Å². The highest BCUT2D eigenvalue weighted by Gasteiger charge is 2.33.